The van der Waals surface area contributed by atoms with Crippen LogP contribution in [0.1, 0.15) is 52.9 Å². The highest BCUT2D eigenvalue weighted by Crippen LogP contribution is 2.09. The Balaban J connectivity index is 0. The first-order chi connectivity index (χ1) is 8.47. The van der Waals surface area contributed by atoms with Gasteiger partial charge in [0, 0.05) is 31.5 Å². The van der Waals surface area contributed by atoms with E-state index in [-0.39, 0.29) is 29.8 Å². The Morgan fingerprint density at radius 2 is 1.47 bits per heavy atom. The Morgan fingerprint density at radius 1 is 1.00 bits per heavy atom. The first kappa shape index (κ1) is 20.5. The van der Waals surface area contributed by atoms with Crippen LogP contribution in [-0.2, 0) is 9.59 Å². The molecule has 0 aliphatic carbocycles. The van der Waals surface area contributed by atoms with E-state index in [2.05, 4.69) is 10.6 Å². The molecule has 0 saturated heterocycles. The molecule has 19 heavy (non-hydrogen) atoms. The molecule has 6 heteroatoms. The molecular formula is C13H28ClN3O2. The summed E-state index contributed by atoms with van der Waals surface area (Å²) >= 11 is 0. The summed E-state index contributed by atoms with van der Waals surface area (Å²) in [7, 11) is 0. The third kappa shape index (κ3) is 9.73. The lowest BCUT2D eigenvalue weighted by Gasteiger charge is -2.26. The normalized spacial score (nSPS) is 10.5. The second kappa shape index (κ2) is 11.1. The Kier molecular flexibility index (Phi) is 11.9. The third-order valence-electron chi connectivity index (χ3n) is 3.23. The van der Waals surface area contributed by atoms with Crippen molar-refractivity contribution in [3.63, 3.8) is 0 Å². The Bertz CT molecular complexity index is 269. The molecule has 0 rings (SSSR count). The molecule has 5 nitrogen and oxygen atoms in total. The minimum absolute atomic E-state index is 0. The SMILES string of the molecule is CCNC(=O)CCCC(=O)NCC(N)(CC)CC.Cl. The van der Waals surface area contributed by atoms with Crippen LogP contribution in [0.4, 0.5) is 0 Å². The van der Waals surface area contributed by atoms with Crippen molar-refractivity contribution in [2.45, 2.75) is 58.4 Å². The molecule has 0 saturated carbocycles. The van der Waals surface area contributed by atoms with Crippen molar-refractivity contribution in [3.05, 3.63) is 0 Å². The summed E-state index contributed by atoms with van der Waals surface area (Å²) in [4.78, 5) is 22.7. The molecule has 0 radical (unpaired) electrons. The number of hydrogen-bond donors (Lipinski definition) is 3. The van der Waals surface area contributed by atoms with Gasteiger partial charge < -0.3 is 16.4 Å². The van der Waals surface area contributed by atoms with Crippen LogP contribution in [0.15, 0.2) is 0 Å². The minimum Gasteiger partial charge on any atom is -0.356 e. The lowest BCUT2D eigenvalue weighted by molar-refractivity contribution is -0.122. The predicted octanol–water partition coefficient (Wildman–Crippen LogP) is 1.35. The van der Waals surface area contributed by atoms with Crippen LogP contribution >= 0.6 is 12.4 Å². The van der Waals surface area contributed by atoms with Crippen LogP contribution in [0.2, 0.25) is 0 Å². The third-order valence-corrected chi connectivity index (χ3v) is 3.23. The highest BCUT2D eigenvalue weighted by molar-refractivity contribution is 5.85. The van der Waals surface area contributed by atoms with E-state index < -0.39 is 0 Å². The van der Waals surface area contributed by atoms with E-state index in [9.17, 15) is 9.59 Å². The number of hydrogen-bond acceptors (Lipinski definition) is 3. The van der Waals surface area contributed by atoms with E-state index in [4.69, 9.17) is 5.73 Å². The summed E-state index contributed by atoms with van der Waals surface area (Å²) in [6, 6.07) is 0. The van der Waals surface area contributed by atoms with Crippen molar-refractivity contribution in [2.24, 2.45) is 5.73 Å². The fourth-order valence-corrected chi connectivity index (χ4v) is 1.56. The van der Waals surface area contributed by atoms with Gasteiger partial charge in [-0.15, -0.1) is 12.4 Å². The Hall–Kier alpha value is -0.810. The highest BCUT2D eigenvalue weighted by Gasteiger charge is 2.20. The van der Waals surface area contributed by atoms with Crippen LogP contribution in [0.5, 0.6) is 0 Å². The molecule has 4 N–H and O–H groups in total. The molecule has 2 amide bonds. The van der Waals surface area contributed by atoms with Crippen LogP contribution in [0.3, 0.4) is 0 Å². The molecular weight excluding hydrogens is 266 g/mol. The molecule has 0 atom stereocenters. The monoisotopic (exact) mass is 293 g/mol. The Morgan fingerprint density at radius 3 is 1.89 bits per heavy atom. The van der Waals surface area contributed by atoms with E-state index in [1.807, 2.05) is 20.8 Å². The predicted molar refractivity (Wildman–Crippen MR) is 80.3 cm³/mol. The molecule has 0 aliphatic heterocycles. The van der Waals surface area contributed by atoms with Gasteiger partial charge in [0.15, 0.2) is 0 Å². The molecule has 0 fully saturated rings. The van der Waals surface area contributed by atoms with Gasteiger partial charge in [-0.3, -0.25) is 9.59 Å². The summed E-state index contributed by atoms with van der Waals surface area (Å²) in [5.41, 5.74) is 5.77. The summed E-state index contributed by atoms with van der Waals surface area (Å²) in [6.07, 6.45) is 3.02. The number of nitrogens with two attached hydrogens (primary N) is 1. The lowest BCUT2D eigenvalue weighted by Crippen LogP contribution is -2.49. The number of amides is 2. The zero-order valence-corrected chi connectivity index (χ0v) is 13.1. The molecule has 0 unspecified atom stereocenters. The van der Waals surface area contributed by atoms with Gasteiger partial charge in [0.1, 0.15) is 0 Å². The van der Waals surface area contributed by atoms with E-state index in [1.54, 1.807) is 0 Å². The van der Waals surface area contributed by atoms with Crippen LogP contribution < -0.4 is 16.4 Å². The molecule has 0 heterocycles. The maximum absolute atomic E-state index is 11.6. The molecule has 0 bridgehead atoms. The molecule has 0 aromatic carbocycles. The average molecular weight is 294 g/mol. The lowest BCUT2D eigenvalue weighted by atomic mass is 9.94. The molecule has 114 valence electrons. The van der Waals surface area contributed by atoms with Crippen LogP contribution in [0, 0.1) is 0 Å². The van der Waals surface area contributed by atoms with Crippen molar-refractivity contribution < 1.29 is 9.59 Å². The first-order valence-electron chi connectivity index (χ1n) is 6.79. The van der Waals surface area contributed by atoms with E-state index in [1.165, 1.54) is 0 Å². The number of nitrogens with one attached hydrogen (secondary N) is 2. The summed E-state index contributed by atoms with van der Waals surface area (Å²) in [6.45, 7) is 7.05. The highest BCUT2D eigenvalue weighted by atomic mass is 35.5. The average Bonchev–Trinajstić information content (AvgIpc) is 2.36. The smallest absolute Gasteiger partial charge is 0.220 e. The quantitative estimate of drug-likeness (QED) is 0.600. The van der Waals surface area contributed by atoms with Gasteiger partial charge in [-0.2, -0.15) is 0 Å². The second-order valence-corrected chi connectivity index (χ2v) is 4.65. The van der Waals surface area contributed by atoms with E-state index in [0.29, 0.717) is 32.4 Å². The number of rotatable bonds is 9. The van der Waals surface area contributed by atoms with Crippen molar-refractivity contribution in [1.29, 1.82) is 0 Å². The van der Waals surface area contributed by atoms with Crippen molar-refractivity contribution >= 4 is 24.2 Å². The largest absolute Gasteiger partial charge is 0.356 e. The van der Waals surface area contributed by atoms with Gasteiger partial charge in [0.25, 0.3) is 0 Å². The maximum atomic E-state index is 11.6. The van der Waals surface area contributed by atoms with Gasteiger partial charge >= 0.3 is 0 Å². The van der Waals surface area contributed by atoms with Gasteiger partial charge in [-0.05, 0) is 26.2 Å². The van der Waals surface area contributed by atoms with E-state index in [0.717, 1.165) is 12.8 Å². The second-order valence-electron chi connectivity index (χ2n) is 4.65. The fraction of sp³-hybridized carbons (Fsp3) is 0.846. The molecule has 0 spiro atoms. The summed E-state index contributed by atoms with van der Waals surface area (Å²) in [5.74, 6) is -0.0309. The fourth-order valence-electron chi connectivity index (χ4n) is 1.56. The van der Waals surface area contributed by atoms with Crippen molar-refractivity contribution in [3.8, 4) is 0 Å². The maximum Gasteiger partial charge on any atom is 0.220 e. The zero-order chi connectivity index (χ0) is 14.0. The van der Waals surface area contributed by atoms with Gasteiger partial charge in [-0.1, -0.05) is 13.8 Å². The van der Waals surface area contributed by atoms with Crippen LogP contribution in [0.25, 0.3) is 0 Å². The first-order valence-corrected chi connectivity index (χ1v) is 6.79. The number of carbonyl (C=O) groups excluding carboxylic acids is 2. The van der Waals surface area contributed by atoms with Crippen molar-refractivity contribution in [1.82, 2.24) is 10.6 Å². The van der Waals surface area contributed by atoms with Gasteiger partial charge in [-0.25, -0.2) is 0 Å². The molecule has 0 aromatic rings. The van der Waals surface area contributed by atoms with E-state index >= 15 is 0 Å². The van der Waals surface area contributed by atoms with Gasteiger partial charge in [0.05, 0.1) is 0 Å². The summed E-state index contributed by atoms with van der Waals surface area (Å²) in [5, 5.41) is 5.54. The number of carbonyl (C=O) groups is 2. The molecule has 0 aromatic heterocycles. The Labute approximate surface area is 122 Å². The standard InChI is InChI=1S/C13H27N3O2.ClH/c1-4-13(14,5-2)10-16-12(18)9-7-8-11(17)15-6-3;/h4-10,14H2,1-3H3,(H,15,17)(H,16,18);1H. The topological polar surface area (TPSA) is 84.2 Å². The van der Waals surface area contributed by atoms with Crippen molar-refractivity contribution in [2.75, 3.05) is 13.1 Å². The number of halogens is 1. The van der Waals surface area contributed by atoms with Crippen LogP contribution in [-0.4, -0.2) is 30.4 Å². The zero-order valence-electron chi connectivity index (χ0n) is 12.3. The van der Waals surface area contributed by atoms with Gasteiger partial charge in [0.2, 0.25) is 11.8 Å². The molecule has 0 aliphatic rings. The summed E-state index contributed by atoms with van der Waals surface area (Å²) < 4.78 is 0. The minimum atomic E-state index is -0.310.